The smallest absolute Gasteiger partial charge is 0.315 e. The van der Waals surface area contributed by atoms with Crippen molar-refractivity contribution in [3.8, 4) is 0 Å². The summed E-state index contributed by atoms with van der Waals surface area (Å²) in [5.74, 6) is 0. The highest BCUT2D eigenvalue weighted by Gasteiger charge is 2.19. The van der Waals surface area contributed by atoms with E-state index in [4.69, 9.17) is 5.11 Å². The first-order valence-corrected chi connectivity index (χ1v) is 7.55. The fourth-order valence-corrected chi connectivity index (χ4v) is 2.65. The van der Waals surface area contributed by atoms with Crippen LogP contribution < -0.4 is 10.6 Å². The molecule has 0 bridgehead atoms. The van der Waals surface area contributed by atoms with E-state index in [9.17, 15) is 4.79 Å². The molecular weight excluding hydrogens is 260 g/mol. The van der Waals surface area contributed by atoms with Crippen LogP contribution in [0.15, 0.2) is 17.5 Å². The van der Waals surface area contributed by atoms with Crippen LogP contribution in [-0.2, 0) is 0 Å². The number of urea groups is 1. The molecule has 0 aromatic carbocycles. The molecule has 4 nitrogen and oxygen atoms in total. The standard InChI is InChI=1S/C14H24N2O2S/c1-4-11(12-6-5-9-19-12)16-13(18)15-10-14(2,3)7-8-17/h5-6,9,11,17H,4,7-8,10H2,1-3H3,(H2,15,16,18). The maximum absolute atomic E-state index is 11.9. The lowest BCUT2D eigenvalue weighted by Crippen LogP contribution is -2.42. The first-order chi connectivity index (χ1) is 8.98. The minimum absolute atomic E-state index is 0.0703. The molecule has 0 spiro atoms. The minimum atomic E-state index is -0.147. The van der Waals surface area contributed by atoms with Gasteiger partial charge in [-0.3, -0.25) is 0 Å². The molecule has 0 saturated heterocycles. The highest BCUT2D eigenvalue weighted by Crippen LogP contribution is 2.22. The summed E-state index contributed by atoms with van der Waals surface area (Å²) in [4.78, 5) is 13.1. The first kappa shape index (κ1) is 16.0. The average Bonchev–Trinajstić information content (AvgIpc) is 2.87. The van der Waals surface area contributed by atoms with Gasteiger partial charge in [0.1, 0.15) is 0 Å². The summed E-state index contributed by atoms with van der Waals surface area (Å²) in [7, 11) is 0. The number of amides is 2. The second kappa shape index (κ2) is 7.50. The molecule has 1 rings (SSSR count). The number of carbonyl (C=O) groups excluding carboxylic acids is 1. The van der Waals surface area contributed by atoms with E-state index in [0.717, 1.165) is 6.42 Å². The number of carbonyl (C=O) groups is 1. The van der Waals surface area contributed by atoms with Crippen LogP contribution in [0.25, 0.3) is 0 Å². The second-order valence-corrected chi connectivity index (χ2v) is 6.42. The maximum Gasteiger partial charge on any atom is 0.315 e. The van der Waals surface area contributed by atoms with Crippen LogP contribution >= 0.6 is 11.3 Å². The molecule has 1 atom stereocenters. The van der Waals surface area contributed by atoms with E-state index in [1.807, 2.05) is 31.4 Å². The normalized spacial score (nSPS) is 13.1. The molecule has 0 fully saturated rings. The zero-order valence-electron chi connectivity index (χ0n) is 11.9. The molecule has 1 aromatic heterocycles. The average molecular weight is 284 g/mol. The number of hydrogen-bond donors (Lipinski definition) is 3. The van der Waals surface area contributed by atoms with E-state index in [1.165, 1.54) is 4.88 Å². The van der Waals surface area contributed by atoms with Crippen LogP contribution in [0.2, 0.25) is 0 Å². The number of nitrogens with one attached hydrogen (secondary N) is 2. The molecular formula is C14H24N2O2S. The molecule has 0 aliphatic heterocycles. The van der Waals surface area contributed by atoms with Crippen LogP contribution in [-0.4, -0.2) is 24.3 Å². The van der Waals surface area contributed by atoms with Crippen molar-refractivity contribution >= 4 is 17.4 Å². The van der Waals surface area contributed by atoms with E-state index in [2.05, 4.69) is 17.6 Å². The molecule has 3 N–H and O–H groups in total. The summed E-state index contributed by atoms with van der Waals surface area (Å²) < 4.78 is 0. The van der Waals surface area contributed by atoms with E-state index < -0.39 is 0 Å². The van der Waals surface area contributed by atoms with Gasteiger partial charge in [-0.15, -0.1) is 11.3 Å². The number of rotatable bonds is 7. The Labute approximate surface area is 119 Å². The zero-order valence-corrected chi connectivity index (χ0v) is 12.7. The van der Waals surface area contributed by atoms with Crippen LogP contribution in [0.3, 0.4) is 0 Å². The number of hydrogen-bond acceptors (Lipinski definition) is 3. The van der Waals surface area contributed by atoms with Gasteiger partial charge in [-0.1, -0.05) is 26.8 Å². The van der Waals surface area contributed by atoms with Gasteiger partial charge in [0.25, 0.3) is 0 Å². The minimum Gasteiger partial charge on any atom is -0.396 e. The molecule has 5 heteroatoms. The number of aliphatic hydroxyl groups excluding tert-OH is 1. The van der Waals surface area contributed by atoms with Crippen molar-refractivity contribution in [3.05, 3.63) is 22.4 Å². The summed E-state index contributed by atoms with van der Waals surface area (Å²) in [6.07, 6.45) is 1.55. The SMILES string of the molecule is CCC(NC(=O)NCC(C)(C)CCO)c1cccs1. The Morgan fingerprint density at radius 2 is 2.26 bits per heavy atom. The van der Waals surface area contributed by atoms with E-state index >= 15 is 0 Å². The molecule has 19 heavy (non-hydrogen) atoms. The molecule has 1 heterocycles. The van der Waals surface area contributed by atoms with Crippen LogP contribution in [0.1, 0.15) is 44.5 Å². The van der Waals surface area contributed by atoms with Gasteiger partial charge in [0, 0.05) is 18.0 Å². The Bertz CT molecular complexity index is 377. The van der Waals surface area contributed by atoms with Crippen molar-refractivity contribution in [3.63, 3.8) is 0 Å². The predicted molar refractivity (Wildman–Crippen MR) is 79.4 cm³/mol. The van der Waals surface area contributed by atoms with Gasteiger partial charge >= 0.3 is 6.03 Å². The highest BCUT2D eigenvalue weighted by molar-refractivity contribution is 7.10. The number of thiophene rings is 1. The summed E-state index contributed by atoms with van der Waals surface area (Å²) in [5.41, 5.74) is -0.0866. The van der Waals surface area contributed by atoms with Crippen molar-refractivity contribution in [1.29, 1.82) is 0 Å². The Morgan fingerprint density at radius 3 is 2.79 bits per heavy atom. The summed E-state index contributed by atoms with van der Waals surface area (Å²) >= 11 is 1.65. The molecule has 2 amide bonds. The zero-order chi connectivity index (χ0) is 14.3. The predicted octanol–water partition coefficient (Wildman–Crippen LogP) is 2.91. The topological polar surface area (TPSA) is 61.4 Å². The lowest BCUT2D eigenvalue weighted by molar-refractivity contribution is 0.200. The fourth-order valence-electron chi connectivity index (χ4n) is 1.78. The van der Waals surface area contributed by atoms with Gasteiger partial charge in [-0.25, -0.2) is 4.79 Å². The Balaban J connectivity index is 2.42. The van der Waals surface area contributed by atoms with Crippen molar-refractivity contribution < 1.29 is 9.90 Å². The third-order valence-electron chi connectivity index (χ3n) is 3.12. The largest absolute Gasteiger partial charge is 0.396 e. The van der Waals surface area contributed by atoms with Gasteiger partial charge < -0.3 is 15.7 Å². The van der Waals surface area contributed by atoms with Crippen molar-refractivity contribution in [1.82, 2.24) is 10.6 Å². The second-order valence-electron chi connectivity index (χ2n) is 5.44. The molecule has 0 aliphatic carbocycles. The molecule has 1 aromatic rings. The van der Waals surface area contributed by atoms with Crippen LogP contribution in [0.4, 0.5) is 4.79 Å². The molecule has 1 unspecified atom stereocenters. The first-order valence-electron chi connectivity index (χ1n) is 6.67. The van der Waals surface area contributed by atoms with Crippen molar-refractivity contribution in [2.24, 2.45) is 5.41 Å². The highest BCUT2D eigenvalue weighted by atomic mass is 32.1. The third-order valence-corrected chi connectivity index (χ3v) is 4.10. The Hall–Kier alpha value is -1.07. The van der Waals surface area contributed by atoms with E-state index in [-0.39, 0.29) is 24.1 Å². The van der Waals surface area contributed by atoms with Gasteiger partial charge in [-0.05, 0) is 29.7 Å². The summed E-state index contributed by atoms with van der Waals surface area (Å²) in [5, 5.41) is 16.8. The van der Waals surface area contributed by atoms with Gasteiger partial charge in [0.05, 0.1) is 6.04 Å². The molecule has 0 radical (unpaired) electrons. The third kappa shape index (κ3) is 5.61. The van der Waals surface area contributed by atoms with Crippen LogP contribution in [0.5, 0.6) is 0 Å². The van der Waals surface area contributed by atoms with Gasteiger partial charge in [0.15, 0.2) is 0 Å². The van der Waals surface area contributed by atoms with Gasteiger partial charge in [-0.2, -0.15) is 0 Å². The molecule has 108 valence electrons. The van der Waals surface area contributed by atoms with Crippen molar-refractivity contribution in [2.45, 2.75) is 39.7 Å². The van der Waals surface area contributed by atoms with E-state index in [1.54, 1.807) is 11.3 Å². The summed E-state index contributed by atoms with van der Waals surface area (Å²) in [6.45, 7) is 6.81. The lowest BCUT2D eigenvalue weighted by atomic mass is 9.90. The molecule has 0 saturated carbocycles. The molecule has 0 aliphatic rings. The quantitative estimate of drug-likeness (QED) is 0.721. The maximum atomic E-state index is 11.9. The monoisotopic (exact) mass is 284 g/mol. The van der Waals surface area contributed by atoms with Crippen LogP contribution in [0, 0.1) is 5.41 Å². The number of aliphatic hydroxyl groups is 1. The summed E-state index contributed by atoms with van der Waals surface area (Å²) in [6, 6.07) is 3.95. The fraction of sp³-hybridized carbons (Fsp3) is 0.643. The van der Waals surface area contributed by atoms with Crippen molar-refractivity contribution in [2.75, 3.05) is 13.2 Å². The van der Waals surface area contributed by atoms with E-state index in [0.29, 0.717) is 13.0 Å². The van der Waals surface area contributed by atoms with Gasteiger partial charge in [0.2, 0.25) is 0 Å². The Morgan fingerprint density at radius 1 is 1.53 bits per heavy atom. The lowest BCUT2D eigenvalue weighted by Gasteiger charge is -2.25. The Kier molecular flexibility index (Phi) is 6.31.